The van der Waals surface area contributed by atoms with Gasteiger partial charge in [0, 0.05) is 6.07 Å². The maximum Gasteiger partial charge on any atom is 0.311 e. The zero-order chi connectivity index (χ0) is 12.0. The smallest absolute Gasteiger partial charge is 0.311 e. The molecule has 0 saturated heterocycles. The number of hydrogen-bond acceptors (Lipinski definition) is 3. The predicted molar refractivity (Wildman–Crippen MR) is 62.9 cm³/mol. The lowest BCUT2D eigenvalue weighted by atomic mass is 10.2. The second kappa shape index (κ2) is 6.10. The molecule has 0 bridgehead atoms. The van der Waals surface area contributed by atoms with E-state index in [1.54, 1.807) is 6.07 Å². The molecule has 4 nitrogen and oxygen atoms in total. The molecule has 0 atom stereocenters. The van der Waals surface area contributed by atoms with Crippen LogP contribution in [-0.2, 0) is 0 Å². The Labute approximate surface area is 95.4 Å². The van der Waals surface area contributed by atoms with Gasteiger partial charge in [-0.25, -0.2) is 0 Å². The Morgan fingerprint density at radius 1 is 1.38 bits per heavy atom. The molecule has 88 valence electrons. The fraction of sp³-hybridized carbons (Fsp3) is 0.500. The van der Waals surface area contributed by atoms with Crippen molar-refractivity contribution in [3.8, 4) is 5.75 Å². The second-order valence-corrected chi connectivity index (χ2v) is 3.78. The van der Waals surface area contributed by atoms with E-state index in [9.17, 15) is 10.1 Å². The predicted octanol–water partition coefficient (Wildman–Crippen LogP) is 3.47. The van der Waals surface area contributed by atoms with Gasteiger partial charge in [-0.05, 0) is 25.0 Å². The highest BCUT2D eigenvalue weighted by Crippen LogP contribution is 2.27. The van der Waals surface area contributed by atoms with Crippen LogP contribution in [0.2, 0.25) is 0 Å². The quantitative estimate of drug-likeness (QED) is 0.421. The fourth-order valence-electron chi connectivity index (χ4n) is 1.43. The number of nitrogens with zero attached hydrogens (tertiary/aromatic N) is 1. The molecular weight excluding hydrogens is 206 g/mol. The summed E-state index contributed by atoms with van der Waals surface area (Å²) in [6.45, 7) is 4.47. The molecule has 1 aromatic rings. The third kappa shape index (κ3) is 3.53. The van der Waals surface area contributed by atoms with E-state index < -0.39 is 4.92 Å². The summed E-state index contributed by atoms with van der Waals surface area (Å²) in [7, 11) is 0. The Bertz CT molecular complexity index is 363. The van der Waals surface area contributed by atoms with Gasteiger partial charge in [-0.15, -0.1) is 0 Å². The van der Waals surface area contributed by atoms with E-state index in [2.05, 4.69) is 6.92 Å². The molecule has 16 heavy (non-hydrogen) atoms. The monoisotopic (exact) mass is 223 g/mol. The Morgan fingerprint density at radius 3 is 2.75 bits per heavy atom. The number of aryl methyl sites for hydroxylation is 1. The van der Waals surface area contributed by atoms with Crippen LogP contribution in [0.5, 0.6) is 5.75 Å². The summed E-state index contributed by atoms with van der Waals surface area (Å²) in [6, 6.07) is 5.02. The number of unbranched alkanes of at least 4 members (excludes halogenated alkanes) is 2. The van der Waals surface area contributed by atoms with Gasteiger partial charge in [-0.2, -0.15) is 0 Å². The van der Waals surface area contributed by atoms with E-state index in [4.69, 9.17) is 4.74 Å². The molecule has 0 unspecified atom stereocenters. The summed E-state index contributed by atoms with van der Waals surface area (Å²) in [5.74, 6) is 0.367. The molecule has 1 aromatic carbocycles. The van der Waals surface area contributed by atoms with Gasteiger partial charge in [0.15, 0.2) is 5.75 Å². The first-order chi connectivity index (χ1) is 7.65. The standard InChI is InChI=1S/C12H17NO3/c1-3-4-5-8-16-12-7-6-10(2)9-11(12)13(14)15/h6-7,9H,3-5,8H2,1-2H3. The summed E-state index contributed by atoms with van der Waals surface area (Å²) in [4.78, 5) is 10.4. The van der Waals surface area contributed by atoms with Crippen LogP contribution in [0.4, 0.5) is 5.69 Å². The highest BCUT2D eigenvalue weighted by atomic mass is 16.6. The molecule has 0 aliphatic carbocycles. The first kappa shape index (κ1) is 12.5. The zero-order valence-corrected chi connectivity index (χ0v) is 9.73. The molecule has 0 aliphatic heterocycles. The Kier molecular flexibility index (Phi) is 4.76. The van der Waals surface area contributed by atoms with E-state index in [0.29, 0.717) is 12.4 Å². The first-order valence-corrected chi connectivity index (χ1v) is 5.53. The summed E-state index contributed by atoms with van der Waals surface area (Å²) in [5, 5.41) is 10.8. The van der Waals surface area contributed by atoms with Gasteiger partial charge in [0.05, 0.1) is 11.5 Å². The minimum absolute atomic E-state index is 0.0523. The van der Waals surface area contributed by atoms with Crippen LogP contribution >= 0.6 is 0 Å². The normalized spacial score (nSPS) is 10.1. The number of nitro benzene ring substituents is 1. The van der Waals surface area contributed by atoms with E-state index in [-0.39, 0.29) is 5.69 Å². The van der Waals surface area contributed by atoms with Gasteiger partial charge >= 0.3 is 5.69 Å². The fourth-order valence-corrected chi connectivity index (χ4v) is 1.43. The lowest BCUT2D eigenvalue weighted by Crippen LogP contribution is -2.00. The summed E-state index contributed by atoms with van der Waals surface area (Å²) in [5.41, 5.74) is 0.920. The lowest BCUT2D eigenvalue weighted by molar-refractivity contribution is -0.385. The molecule has 0 N–H and O–H groups in total. The number of benzene rings is 1. The van der Waals surface area contributed by atoms with E-state index in [1.165, 1.54) is 6.07 Å². The maximum absolute atomic E-state index is 10.8. The molecule has 0 heterocycles. The van der Waals surface area contributed by atoms with Crippen LogP contribution in [-0.4, -0.2) is 11.5 Å². The van der Waals surface area contributed by atoms with Crippen LogP contribution in [0.15, 0.2) is 18.2 Å². The van der Waals surface area contributed by atoms with Gasteiger partial charge in [0.25, 0.3) is 0 Å². The van der Waals surface area contributed by atoms with E-state index >= 15 is 0 Å². The molecule has 0 radical (unpaired) electrons. The third-order valence-electron chi connectivity index (χ3n) is 2.32. The van der Waals surface area contributed by atoms with Crippen molar-refractivity contribution in [2.75, 3.05) is 6.61 Å². The van der Waals surface area contributed by atoms with Gasteiger partial charge in [0.2, 0.25) is 0 Å². The molecule has 0 aliphatic rings. The van der Waals surface area contributed by atoms with Crippen molar-refractivity contribution < 1.29 is 9.66 Å². The van der Waals surface area contributed by atoms with Crippen molar-refractivity contribution in [3.05, 3.63) is 33.9 Å². The van der Waals surface area contributed by atoms with Crippen molar-refractivity contribution in [1.82, 2.24) is 0 Å². The molecule has 0 amide bonds. The number of ether oxygens (including phenoxy) is 1. The SMILES string of the molecule is CCCCCOc1ccc(C)cc1[N+](=O)[O-]. The summed E-state index contributed by atoms with van der Waals surface area (Å²) in [6.07, 6.45) is 3.13. The Morgan fingerprint density at radius 2 is 2.12 bits per heavy atom. The van der Waals surface area contributed by atoms with Gasteiger partial charge in [-0.3, -0.25) is 10.1 Å². The third-order valence-corrected chi connectivity index (χ3v) is 2.32. The van der Waals surface area contributed by atoms with Crippen LogP contribution in [0.25, 0.3) is 0 Å². The molecule has 0 spiro atoms. The summed E-state index contributed by atoms with van der Waals surface area (Å²) < 4.78 is 5.41. The van der Waals surface area contributed by atoms with Gasteiger partial charge in [-0.1, -0.05) is 25.8 Å². The Balaban J connectivity index is 2.67. The van der Waals surface area contributed by atoms with Gasteiger partial charge in [0.1, 0.15) is 0 Å². The molecule has 0 aromatic heterocycles. The van der Waals surface area contributed by atoms with Crippen molar-refractivity contribution >= 4 is 5.69 Å². The number of rotatable bonds is 6. The van der Waals surface area contributed by atoms with Crippen LogP contribution in [0, 0.1) is 17.0 Å². The lowest BCUT2D eigenvalue weighted by Gasteiger charge is -2.06. The van der Waals surface area contributed by atoms with E-state index in [1.807, 2.05) is 13.0 Å². The molecule has 4 heteroatoms. The second-order valence-electron chi connectivity index (χ2n) is 3.78. The average molecular weight is 223 g/mol. The minimum atomic E-state index is -0.401. The van der Waals surface area contributed by atoms with E-state index in [0.717, 1.165) is 24.8 Å². The topological polar surface area (TPSA) is 52.4 Å². The highest BCUT2D eigenvalue weighted by molar-refractivity contribution is 5.48. The van der Waals surface area contributed by atoms with Crippen LogP contribution in [0.3, 0.4) is 0 Å². The first-order valence-electron chi connectivity index (χ1n) is 5.53. The van der Waals surface area contributed by atoms with Crippen LogP contribution < -0.4 is 4.74 Å². The van der Waals surface area contributed by atoms with Crippen molar-refractivity contribution in [3.63, 3.8) is 0 Å². The van der Waals surface area contributed by atoms with Crippen molar-refractivity contribution in [2.45, 2.75) is 33.1 Å². The molecule has 0 saturated carbocycles. The molecule has 1 rings (SSSR count). The highest BCUT2D eigenvalue weighted by Gasteiger charge is 2.14. The average Bonchev–Trinajstić information content (AvgIpc) is 2.26. The zero-order valence-electron chi connectivity index (χ0n) is 9.73. The van der Waals surface area contributed by atoms with Crippen LogP contribution in [0.1, 0.15) is 31.7 Å². The molecular formula is C12H17NO3. The largest absolute Gasteiger partial charge is 0.487 e. The Hall–Kier alpha value is -1.58. The maximum atomic E-state index is 10.8. The molecule has 0 fully saturated rings. The number of nitro groups is 1. The minimum Gasteiger partial charge on any atom is -0.487 e. The number of hydrogen-bond donors (Lipinski definition) is 0. The van der Waals surface area contributed by atoms with Gasteiger partial charge < -0.3 is 4.74 Å². The van der Waals surface area contributed by atoms with Crippen molar-refractivity contribution in [1.29, 1.82) is 0 Å². The van der Waals surface area contributed by atoms with Crippen molar-refractivity contribution in [2.24, 2.45) is 0 Å². The summed E-state index contributed by atoms with van der Waals surface area (Å²) >= 11 is 0.